The fourth-order valence-electron chi connectivity index (χ4n) is 2.99. The number of oxazole rings is 1. The Balaban J connectivity index is 1.72. The molecular formula is C22H25FN2O2. The molecule has 0 unspecified atom stereocenters. The summed E-state index contributed by atoms with van der Waals surface area (Å²) in [6.45, 7) is 5.55. The van der Waals surface area contributed by atoms with Crippen LogP contribution in [0.15, 0.2) is 46.9 Å². The normalized spacial score (nSPS) is 11.2. The second-order valence-corrected chi connectivity index (χ2v) is 6.71. The van der Waals surface area contributed by atoms with Crippen LogP contribution in [0.1, 0.15) is 29.5 Å². The standard InChI is InChI=1S/C22H25FN2O2/c1-5-16-6-8-17(9-7-16)13-25(3)14-20-15(2)27-22(24-20)18-10-11-19(23)21(12-18)26-4/h6-12H,5,13-14H2,1-4H3. The van der Waals surface area contributed by atoms with Crippen molar-refractivity contribution in [3.8, 4) is 17.2 Å². The Morgan fingerprint density at radius 2 is 1.78 bits per heavy atom. The molecule has 142 valence electrons. The van der Waals surface area contributed by atoms with Crippen molar-refractivity contribution in [1.82, 2.24) is 9.88 Å². The van der Waals surface area contributed by atoms with E-state index >= 15 is 0 Å². The maximum atomic E-state index is 13.6. The molecule has 0 N–H and O–H groups in total. The first-order valence-corrected chi connectivity index (χ1v) is 9.06. The monoisotopic (exact) mass is 368 g/mol. The Bertz CT molecular complexity index is 903. The average Bonchev–Trinajstić information content (AvgIpc) is 3.03. The number of rotatable bonds is 7. The Kier molecular flexibility index (Phi) is 5.91. The lowest BCUT2D eigenvalue weighted by molar-refractivity contribution is 0.313. The van der Waals surface area contributed by atoms with Gasteiger partial charge in [0.2, 0.25) is 5.89 Å². The van der Waals surface area contributed by atoms with Gasteiger partial charge in [0.25, 0.3) is 0 Å². The third kappa shape index (κ3) is 4.55. The smallest absolute Gasteiger partial charge is 0.226 e. The first-order valence-electron chi connectivity index (χ1n) is 9.06. The zero-order valence-corrected chi connectivity index (χ0v) is 16.3. The summed E-state index contributed by atoms with van der Waals surface area (Å²) in [6, 6.07) is 13.3. The fourth-order valence-corrected chi connectivity index (χ4v) is 2.99. The first kappa shape index (κ1) is 19.1. The van der Waals surface area contributed by atoms with Crippen molar-refractivity contribution in [1.29, 1.82) is 0 Å². The molecule has 0 spiro atoms. The molecule has 0 fully saturated rings. The lowest BCUT2D eigenvalue weighted by Gasteiger charge is -2.15. The van der Waals surface area contributed by atoms with Gasteiger partial charge >= 0.3 is 0 Å². The van der Waals surface area contributed by atoms with E-state index in [0.717, 1.165) is 24.4 Å². The second kappa shape index (κ2) is 8.35. The van der Waals surface area contributed by atoms with Crippen LogP contribution in [-0.2, 0) is 19.5 Å². The van der Waals surface area contributed by atoms with Gasteiger partial charge in [-0.25, -0.2) is 9.37 Å². The Morgan fingerprint density at radius 3 is 2.44 bits per heavy atom. The van der Waals surface area contributed by atoms with Gasteiger partial charge < -0.3 is 9.15 Å². The van der Waals surface area contributed by atoms with Crippen LogP contribution >= 0.6 is 0 Å². The van der Waals surface area contributed by atoms with Crippen molar-refractivity contribution in [2.24, 2.45) is 0 Å². The summed E-state index contributed by atoms with van der Waals surface area (Å²) in [5.41, 5.74) is 4.17. The van der Waals surface area contributed by atoms with Crippen molar-refractivity contribution >= 4 is 0 Å². The molecule has 0 aliphatic carbocycles. The molecule has 3 rings (SSSR count). The molecule has 1 aromatic heterocycles. The number of aryl methyl sites for hydroxylation is 2. The summed E-state index contributed by atoms with van der Waals surface area (Å²) in [5.74, 6) is 1.01. The van der Waals surface area contributed by atoms with E-state index in [-0.39, 0.29) is 5.75 Å². The summed E-state index contributed by atoms with van der Waals surface area (Å²) in [7, 11) is 3.50. The Labute approximate surface area is 159 Å². The second-order valence-electron chi connectivity index (χ2n) is 6.71. The van der Waals surface area contributed by atoms with E-state index in [2.05, 4.69) is 48.1 Å². The SMILES string of the molecule is CCc1ccc(CN(C)Cc2nc(-c3ccc(F)c(OC)c3)oc2C)cc1. The summed E-state index contributed by atoms with van der Waals surface area (Å²) < 4.78 is 24.5. The van der Waals surface area contributed by atoms with E-state index in [1.807, 2.05) is 6.92 Å². The zero-order valence-electron chi connectivity index (χ0n) is 16.3. The van der Waals surface area contributed by atoms with Crippen LogP contribution in [0, 0.1) is 12.7 Å². The Morgan fingerprint density at radius 1 is 1.07 bits per heavy atom. The van der Waals surface area contributed by atoms with Crippen LogP contribution in [0.2, 0.25) is 0 Å². The summed E-state index contributed by atoms with van der Waals surface area (Å²) in [6.07, 6.45) is 1.05. The van der Waals surface area contributed by atoms with Crippen LogP contribution in [0.5, 0.6) is 5.75 Å². The lowest BCUT2D eigenvalue weighted by Crippen LogP contribution is -2.18. The van der Waals surface area contributed by atoms with E-state index in [4.69, 9.17) is 9.15 Å². The molecule has 0 amide bonds. The molecule has 0 aliphatic rings. The minimum Gasteiger partial charge on any atom is -0.494 e. The third-order valence-electron chi connectivity index (χ3n) is 4.59. The van der Waals surface area contributed by atoms with Gasteiger partial charge in [-0.05, 0) is 49.7 Å². The van der Waals surface area contributed by atoms with Gasteiger partial charge in [0.15, 0.2) is 11.6 Å². The van der Waals surface area contributed by atoms with Gasteiger partial charge in [-0.2, -0.15) is 0 Å². The van der Waals surface area contributed by atoms with Crippen molar-refractivity contribution in [2.75, 3.05) is 14.2 Å². The molecule has 5 heteroatoms. The van der Waals surface area contributed by atoms with Gasteiger partial charge in [0.05, 0.1) is 12.8 Å². The molecule has 27 heavy (non-hydrogen) atoms. The van der Waals surface area contributed by atoms with Gasteiger partial charge in [-0.3, -0.25) is 4.90 Å². The van der Waals surface area contributed by atoms with Crippen LogP contribution in [0.25, 0.3) is 11.5 Å². The van der Waals surface area contributed by atoms with E-state index in [9.17, 15) is 4.39 Å². The summed E-state index contributed by atoms with van der Waals surface area (Å²) >= 11 is 0. The minimum atomic E-state index is -0.404. The molecule has 0 saturated heterocycles. The highest BCUT2D eigenvalue weighted by Gasteiger charge is 2.15. The van der Waals surface area contributed by atoms with Gasteiger partial charge in [-0.1, -0.05) is 31.2 Å². The zero-order chi connectivity index (χ0) is 19.4. The molecule has 1 heterocycles. The number of methoxy groups -OCH3 is 1. The highest BCUT2D eigenvalue weighted by atomic mass is 19.1. The van der Waals surface area contributed by atoms with E-state index in [1.54, 1.807) is 12.1 Å². The van der Waals surface area contributed by atoms with E-state index in [0.29, 0.717) is 18.0 Å². The van der Waals surface area contributed by atoms with Gasteiger partial charge in [-0.15, -0.1) is 0 Å². The molecule has 0 bridgehead atoms. The molecule has 3 aromatic rings. The number of ether oxygens (including phenoxy) is 1. The Hall–Kier alpha value is -2.66. The molecule has 4 nitrogen and oxygen atoms in total. The highest BCUT2D eigenvalue weighted by molar-refractivity contribution is 5.56. The van der Waals surface area contributed by atoms with Crippen molar-refractivity contribution in [3.63, 3.8) is 0 Å². The highest BCUT2D eigenvalue weighted by Crippen LogP contribution is 2.27. The number of aromatic nitrogens is 1. The maximum absolute atomic E-state index is 13.6. The number of halogens is 1. The molecule has 0 radical (unpaired) electrons. The predicted molar refractivity (Wildman–Crippen MR) is 104 cm³/mol. The predicted octanol–water partition coefficient (Wildman–Crippen LogP) is 4.99. The van der Waals surface area contributed by atoms with Crippen molar-refractivity contribution in [2.45, 2.75) is 33.4 Å². The fraction of sp³-hybridized carbons (Fsp3) is 0.318. The van der Waals surface area contributed by atoms with Gasteiger partial charge in [0.1, 0.15) is 5.76 Å². The largest absolute Gasteiger partial charge is 0.494 e. The van der Waals surface area contributed by atoms with Crippen molar-refractivity contribution < 1.29 is 13.5 Å². The van der Waals surface area contributed by atoms with Crippen LogP contribution in [0.4, 0.5) is 4.39 Å². The maximum Gasteiger partial charge on any atom is 0.226 e. The van der Waals surface area contributed by atoms with E-state index < -0.39 is 5.82 Å². The molecule has 0 aliphatic heterocycles. The number of hydrogen-bond donors (Lipinski definition) is 0. The molecule has 0 saturated carbocycles. The minimum absolute atomic E-state index is 0.178. The van der Waals surface area contributed by atoms with Crippen LogP contribution in [0.3, 0.4) is 0 Å². The number of hydrogen-bond acceptors (Lipinski definition) is 4. The van der Waals surface area contributed by atoms with E-state index in [1.165, 1.54) is 24.3 Å². The first-order chi connectivity index (χ1) is 13.0. The molecule has 2 aromatic carbocycles. The van der Waals surface area contributed by atoms with Crippen LogP contribution in [-0.4, -0.2) is 24.0 Å². The molecular weight excluding hydrogens is 343 g/mol. The topological polar surface area (TPSA) is 38.5 Å². The lowest BCUT2D eigenvalue weighted by atomic mass is 10.1. The average molecular weight is 368 g/mol. The number of nitrogens with zero attached hydrogens (tertiary/aromatic N) is 2. The van der Waals surface area contributed by atoms with Gasteiger partial charge in [0, 0.05) is 18.7 Å². The third-order valence-corrected chi connectivity index (χ3v) is 4.59. The number of benzene rings is 2. The summed E-state index contributed by atoms with van der Waals surface area (Å²) in [5, 5.41) is 0. The summed E-state index contributed by atoms with van der Waals surface area (Å²) in [4.78, 5) is 6.80. The van der Waals surface area contributed by atoms with Crippen molar-refractivity contribution in [3.05, 3.63) is 70.9 Å². The quantitative estimate of drug-likeness (QED) is 0.589. The van der Waals surface area contributed by atoms with Crippen LogP contribution < -0.4 is 4.74 Å². The molecule has 0 atom stereocenters.